The number of methoxy groups -OCH3 is 1. The lowest BCUT2D eigenvalue weighted by Gasteiger charge is -2.12. The van der Waals surface area contributed by atoms with Crippen LogP contribution in [0.15, 0.2) is 79.0 Å². The van der Waals surface area contributed by atoms with Crippen LogP contribution in [0, 0.1) is 12.7 Å². The van der Waals surface area contributed by atoms with Crippen molar-refractivity contribution in [2.45, 2.75) is 20.1 Å². The van der Waals surface area contributed by atoms with Gasteiger partial charge in [0, 0.05) is 17.8 Å². The maximum Gasteiger partial charge on any atom is 0.249 e. The first-order valence-electron chi connectivity index (χ1n) is 11.2. The second-order valence-electron chi connectivity index (χ2n) is 8.10. The number of nitrogens with one attached hydrogen (secondary N) is 1. The molecule has 6 nitrogen and oxygen atoms in total. The van der Waals surface area contributed by atoms with Gasteiger partial charge in [-0.15, -0.1) is 0 Å². The summed E-state index contributed by atoms with van der Waals surface area (Å²) < 4.78 is 26.1. The summed E-state index contributed by atoms with van der Waals surface area (Å²) in [5, 5.41) is 7.30. The minimum absolute atomic E-state index is 0.246. The molecule has 1 amide bonds. The smallest absolute Gasteiger partial charge is 0.249 e. The number of benzene rings is 3. The molecule has 0 radical (unpaired) electrons. The zero-order valence-corrected chi connectivity index (χ0v) is 20.6. The van der Waals surface area contributed by atoms with Crippen LogP contribution >= 0.6 is 11.6 Å². The van der Waals surface area contributed by atoms with Crippen molar-refractivity contribution in [3.8, 4) is 11.5 Å². The van der Waals surface area contributed by atoms with Gasteiger partial charge in [0.2, 0.25) is 5.91 Å². The number of halogens is 2. The van der Waals surface area contributed by atoms with E-state index in [0.29, 0.717) is 23.9 Å². The Balaban J connectivity index is 1.40. The number of hydrogen-bond donors (Lipinski definition) is 1. The van der Waals surface area contributed by atoms with Crippen molar-refractivity contribution in [2.75, 3.05) is 12.4 Å². The fourth-order valence-corrected chi connectivity index (χ4v) is 3.76. The maximum absolute atomic E-state index is 13.1. The summed E-state index contributed by atoms with van der Waals surface area (Å²) in [6, 6.07) is 19.5. The Morgan fingerprint density at radius 3 is 2.64 bits per heavy atom. The molecule has 4 aromatic rings. The number of amides is 1. The van der Waals surface area contributed by atoms with Gasteiger partial charge in [-0.2, -0.15) is 5.10 Å². The SMILES string of the molecule is COc1ccc(/C=C/C(=O)Nc2nn(Cc3ccc(F)cc3)cc2Cl)cc1COc1ccccc1C. The highest BCUT2D eigenvalue weighted by Crippen LogP contribution is 2.25. The molecule has 8 heteroatoms. The van der Waals surface area contributed by atoms with E-state index in [9.17, 15) is 9.18 Å². The first kappa shape index (κ1) is 25.0. The highest BCUT2D eigenvalue weighted by molar-refractivity contribution is 6.33. The number of aromatic nitrogens is 2. The van der Waals surface area contributed by atoms with Gasteiger partial charge in [-0.1, -0.05) is 48.0 Å². The summed E-state index contributed by atoms with van der Waals surface area (Å²) in [5.41, 5.74) is 3.56. The molecule has 1 aromatic heterocycles. The number of hydrogen-bond acceptors (Lipinski definition) is 4. The highest BCUT2D eigenvalue weighted by Gasteiger charge is 2.10. The summed E-state index contributed by atoms with van der Waals surface area (Å²) in [5.74, 6) is 1.06. The number of ether oxygens (including phenoxy) is 2. The van der Waals surface area contributed by atoms with Gasteiger partial charge >= 0.3 is 0 Å². The van der Waals surface area contributed by atoms with Crippen molar-refractivity contribution in [2.24, 2.45) is 0 Å². The minimum Gasteiger partial charge on any atom is -0.496 e. The second-order valence-corrected chi connectivity index (χ2v) is 8.50. The van der Waals surface area contributed by atoms with Crippen molar-refractivity contribution in [1.29, 1.82) is 0 Å². The van der Waals surface area contributed by atoms with Gasteiger partial charge in [-0.05, 0) is 60.0 Å². The van der Waals surface area contributed by atoms with Gasteiger partial charge in [-0.25, -0.2) is 4.39 Å². The van der Waals surface area contributed by atoms with Crippen LogP contribution in [0.25, 0.3) is 6.08 Å². The van der Waals surface area contributed by atoms with E-state index in [1.165, 1.54) is 18.2 Å². The summed E-state index contributed by atoms with van der Waals surface area (Å²) >= 11 is 6.24. The van der Waals surface area contributed by atoms with Crippen molar-refractivity contribution in [3.05, 3.63) is 112 Å². The first-order chi connectivity index (χ1) is 17.4. The summed E-state index contributed by atoms with van der Waals surface area (Å²) in [7, 11) is 1.61. The van der Waals surface area contributed by atoms with Crippen LogP contribution in [0.1, 0.15) is 22.3 Å². The van der Waals surface area contributed by atoms with Crippen molar-refractivity contribution in [1.82, 2.24) is 9.78 Å². The second kappa shape index (κ2) is 11.6. The Bertz CT molecular complexity index is 1380. The lowest BCUT2D eigenvalue weighted by atomic mass is 10.1. The summed E-state index contributed by atoms with van der Waals surface area (Å²) in [6.45, 7) is 2.70. The molecule has 0 spiro atoms. The Labute approximate surface area is 213 Å². The van der Waals surface area contributed by atoms with E-state index in [2.05, 4.69) is 10.4 Å². The molecule has 4 rings (SSSR count). The Kier molecular flexibility index (Phi) is 8.02. The van der Waals surface area contributed by atoms with Gasteiger partial charge in [0.25, 0.3) is 0 Å². The molecule has 36 heavy (non-hydrogen) atoms. The highest BCUT2D eigenvalue weighted by atomic mass is 35.5. The quantitative estimate of drug-likeness (QED) is 0.272. The molecule has 184 valence electrons. The lowest BCUT2D eigenvalue weighted by molar-refractivity contribution is -0.111. The van der Waals surface area contributed by atoms with E-state index in [0.717, 1.165) is 28.0 Å². The number of aryl methyl sites for hydroxylation is 1. The van der Waals surface area contributed by atoms with Crippen LogP contribution in [0.4, 0.5) is 10.2 Å². The molecule has 0 aliphatic heterocycles. The van der Waals surface area contributed by atoms with Gasteiger partial charge < -0.3 is 14.8 Å². The molecule has 0 unspecified atom stereocenters. The molecule has 0 saturated carbocycles. The third-order valence-electron chi connectivity index (χ3n) is 5.42. The number of carbonyl (C=O) groups excluding carboxylic acids is 1. The van der Waals surface area contributed by atoms with E-state index in [1.54, 1.807) is 36.2 Å². The maximum atomic E-state index is 13.1. The topological polar surface area (TPSA) is 65.4 Å². The summed E-state index contributed by atoms with van der Waals surface area (Å²) in [4.78, 5) is 12.5. The van der Waals surface area contributed by atoms with Gasteiger partial charge in [0.05, 0.1) is 13.7 Å². The third-order valence-corrected chi connectivity index (χ3v) is 5.70. The van der Waals surface area contributed by atoms with Crippen LogP contribution in [0.3, 0.4) is 0 Å². The van der Waals surface area contributed by atoms with Crippen LogP contribution in [0.5, 0.6) is 11.5 Å². The molecular weight excluding hydrogens is 481 g/mol. The Morgan fingerprint density at radius 1 is 1.11 bits per heavy atom. The molecule has 3 aromatic carbocycles. The number of anilines is 1. The van der Waals surface area contributed by atoms with Crippen LogP contribution in [-0.4, -0.2) is 22.8 Å². The zero-order valence-electron chi connectivity index (χ0n) is 19.9. The van der Waals surface area contributed by atoms with Gasteiger partial charge in [0.1, 0.15) is 28.9 Å². The average molecular weight is 506 g/mol. The molecule has 1 N–H and O–H groups in total. The molecular formula is C28H25ClFN3O3. The normalized spacial score (nSPS) is 11.0. The molecule has 0 bridgehead atoms. The van der Waals surface area contributed by atoms with E-state index in [4.69, 9.17) is 21.1 Å². The lowest BCUT2D eigenvalue weighted by Crippen LogP contribution is -2.09. The number of para-hydroxylation sites is 1. The predicted molar refractivity (Wildman–Crippen MR) is 139 cm³/mol. The Hall–Kier alpha value is -4.10. The Morgan fingerprint density at radius 2 is 1.89 bits per heavy atom. The van der Waals surface area contributed by atoms with Gasteiger partial charge in [-0.3, -0.25) is 9.48 Å². The van der Waals surface area contributed by atoms with Crippen molar-refractivity contribution >= 4 is 29.4 Å². The molecule has 0 atom stereocenters. The van der Waals surface area contributed by atoms with E-state index in [-0.39, 0.29) is 17.5 Å². The first-order valence-corrected chi connectivity index (χ1v) is 11.6. The number of carbonyl (C=O) groups is 1. The molecule has 0 saturated heterocycles. The zero-order chi connectivity index (χ0) is 25.5. The number of nitrogens with zero attached hydrogens (tertiary/aromatic N) is 2. The van der Waals surface area contributed by atoms with Crippen molar-refractivity contribution < 1.29 is 18.7 Å². The fourth-order valence-electron chi connectivity index (χ4n) is 3.56. The minimum atomic E-state index is -0.377. The average Bonchev–Trinajstić information content (AvgIpc) is 3.21. The summed E-state index contributed by atoms with van der Waals surface area (Å²) in [6.07, 6.45) is 4.70. The fraction of sp³-hybridized carbons (Fsp3) is 0.143. The van der Waals surface area contributed by atoms with E-state index >= 15 is 0 Å². The van der Waals surface area contributed by atoms with Crippen LogP contribution in [0.2, 0.25) is 5.02 Å². The molecule has 1 heterocycles. The standard InChI is InChI=1S/C28H25ClFN3O3/c1-19-5-3-4-6-25(19)36-18-22-15-20(9-13-26(22)35-2)10-14-27(34)31-28-24(29)17-33(32-28)16-21-7-11-23(30)12-8-21/h3-15,17H,16,18H2,1-2H3,(H,31,32,34)/b14-10+. The molecule has 0 aliphatic carbocycles. The molecule has 0 fully saturated rings. The number of rotatable bonds is 9. The van der Waals surface area contributed by atoms with Gasteiger partial charge in [0.15, 0.2) is 5.82 Å². The third kappa shape index (κ3) is 6.52. The van der Waals surface area contributed by atoms with Crippen molar-refractivity contribution in [3.63, 3.8) is 0 Å². The van der Waals surface area contributed by atoms with E-state index < -0.39 is 0 Å². The van der Waals surface area contributed by atoms with Crippen LogP contribution in [-0.2, 0) is 17.9 Å². The largest absolute Gasteiger partial charge is 0.496 e. The predicted octanol–water partition coefficient (Wildman–Crippen LogP) is 6.27. The monoisotopic (exact) mass is 505 g/mol. The van der Waals surface area contributed by atoms with E-state index in [1.807, 2.05) is 49.4 Å². The van der Waals surface area contributed by atoms with Crippen LogP contribution < -0.4 is 14.8 Å². The molecule has 0 aliphatic rings.